The Kier molecular flexibility index (Phi) is 6.38. The number of hydrogen-bond acceptors (Lipinski definition) is 6. The first-order valence-electron chi connectivity index (χ1n) is 11.7. The summed E-state index contributed by atoms with van der Waals surface area (Å²) in [5.74, 6) is -2.52. The van der Waals surface area contributed by atoms with E-state index in [0.717, 1.165) is 22.5 Å². The highest BCUT2D eigenvalue weighted by molar-refractivity contribution is 6.46. The van der Waals surface area contributed by atoms with E-state index >= 15 is 4.39 Å². The number of fused-ring (bicyclic) bond motifs is 1. The van der Waals surface area contributed by atoms with E-state index in [2.05, 4.69) is 4.98 Å². The number of nitrogens with one attached hydrogen (secondary N) is 1. The first kappa shape index (κ1) is 24.7. The molecule has 0 radical (unpaired) electrons. The number of nitro benzene ring substituents is 1. The predicted molar refractivity (Wildman–Crippen MR) is 137 cm³/mol. The number of ketones is 1. The molecule has 3 aromatic carbocycles. The van der Waals surface area contributed by atoms with Gasteiger partial charge >= 0.3 is 0 Å². The van der Waals surface area contributed by atoms with E-state index in [1.165, 1.54) is 41.3 Å². The molecule has 38 heavy (non-hydrogen) atoms. The SMILES string of the molecule is COc1ccc2[nH]cc(CCN3C(=O)C(=O)C(=C(O)c4cccc([N+](=O)[O-])c4)[C@@H]3c3ccccc3F)c2c1. The van der Waals surface area contributed by atoms with Crippen molar-refractivity contribution in [2.45, 2.75) is 12.5 Å². The Morgan fingerprint density at radius 3 is 2.66 bits per heavy atom. The van der Waals surface area contributed by atoms with Crippen molar-refractivity contribution in [3.8, 4) is 5.75 Å². The zero-order valence-electron chi connectivity index (χ0n) is 20.2. The first-order valence-corrected chi connectivity index (χ1v) is 11.7. The van der Waals surface area contributed by atoms with E-state index in [-0.39, 0.29) is 28.9 Å². The fourth-order valence-electron chi connectivity index (χ4n) is 4.79. The Bertz CT molecular complexity index is 1630. The number of aliphatic hydroxyl groups excluding tert-OH is 1. The lowest BCUT2D eigenvalue weighted by Gasteiger charge is -2.25. The molecule has 2 heterocycles. The van der Waals surface area contributed by atoms with Gasteiger partial charge in [-0.05, 0) is 36.2 Å². The molecule has 1 aliphatic heterocycles. The molecular formula is C28H22FN3O6. The number of carbonyl (C=O) groups excluding carboxylic acids is 2. The molecule has 1 saturated heterocycles. The molecule has 2 N–H and O–H groups in total. The van der Waals surface area contributed by atoms with Gasteiger partial charge in [0.15, 0.2) is 0 Å². The van der Waals surface area contributed by atoms with Crippen molar-refractivity contribution in [2.75, 3.05) is 13.7 Å². The Hall–Kier alpha value is -4.99. The lowest BCUT2D eigenvalue weighted by Crippen LogP contribution is -2.32. The van der Waals surface area contributed by atoms with E-state index in [9.17, 15) is 24.8 Å². The lowest BCUT2D eigenvalue weighted by atomic mass is 9.94. The normalized spacial score (nSPS) is 16.8. The number of nitrogens with zero attached hydrogens (tertiary/aromatic N) is 2. The maximum absolute atomic E-state index is 15.0. The fraction of sp³-hybridized carbons (Fsp3) is 0.143. The molecule has 0 bridgehead atoms. The van der Waals surface area contributed by atoms with Crippen LogP contribution in [0, 0.1) is 15.9 Å². The highest BCUT2D eigenvalue weighted by atomic mass is 19.1. The van der Waals surface area contributed by atoms with Gasteiger partial charge in [-0.1, -0.05) is 30.3 Å². The van der Waals surface area contributed by atoms with Crippen molar-refractivity contribution >= 4 is 34.0 Å². The number of benzene rings is 3. The summed E-state index contributed by atoms with van der Waals surface area (Å²) < 4.78 is 20.3. The number of likely N-dealkylation sites (tertiary alicyclic amines) is 1. The first-order chi connectivity index (χ1) is 18.3. The summed E-state index contributed by atoms with van der Waals surface area (Å²) >= 11 is 0. The second kappa shape index (κ2) is 9.81. The summed E-state index contributed by atoms with van der Waals surface area (Å²) in [4.78, 5) is 41.4. The Balaban J connectivity index is 1.58. The highest BCUT2D eigenvalue weighted by Gasteiger charge is 2.46. The van der Waals surface area contributed by atoms with Crippen molar-refractivity contribution in [1.29, 1.82) is 0 Å². The highest BCUT2D eigenvalue weighted by Crippen LogP contribution is 2.41. The molecule has 192 valence electrons. The van der Waals surface area contributed by atoms with Crippen LogP contribution in [0.3, 0.4) is 0 Å². The molecule has 1 aliphatic rings. The lowest BCUT2D eigenvalue weighted by molar-refractivity contribution is -0.384. The topological polar surface area (TPSA) is 126 Å². The van der Waals surface area contributed by atoms with Crippen LogP contribution in [0.25, 0.3) is 16.7 Å². The number of nitro groups is 1. The van der Waals surface area contributed by atoms with Crippen LogP contribution in [0.15, 0.2) is 78.5 Å². The minimum atomic E-state index is -1.23. The molecule has 0 aliphatic carbocycles. The fourth-order valence-corrected chi connectivity index (χ4v) is 4.79. The van der Waals surface area contributed by atoms with Gasteiger partial charge in [-0.3, -0.25) is 19.7 Å². The third-order valence-corrected chi connectivity index (χ3v) is 6.67. The van der Waals surface area contributed by atoms with Crippen LogP contribution in [0.1, 0.15) is 22.7 Å². The van der Waals surface area contributed by atoms with Crippen molar-refractivity contribution in [2.24, 2.45) is 0 Å². The average molecular weight is 515 g/mol. The standard InChI is InChI=1S/C28H22FN3O6/c1-38-19-9-10-23-21(14-19)17(15-30-23)11-12-31-25(20-7-2-3-8-22(20)29)24(27(34)28(31)35)26(33)16-5-4-6-18(13-16)32(36)37/h2-10,13-15,25,30,33H,11-12H2,1H3/t25-/m0/s1. The number of amides is 1. The van der Waals surface area contributed by atoms with E-state index in [0.29, 0.717) is 12.2 Å². The van der Waals surface area contributed by atoms with Crippen LogP contribution in [0.4, 0.5) is 10.1 Å². The zero-order chi connectivity index (χ0) is 27.0. The molecule has 5 rings (SSSR count). The minimum absolute atomic E-state index is 0.0257. The van der Waals surface area contributed by atoms with E-state index in [1.54, 1.807) is 19.4 Å². The number of rotatable bonds is 7. The van der Waals surface area contributed by atoms with Crippen LogP contribution >= 0.6 is 0 Å². The molecule has 0 saturated carbocycles. The van der Waals surface area contributed by atoms with Gasteiger partial charge in [-0.2, -0.15) is 0 Å². The predicted octanol–water partition coefficient (Wildman–Crippen LogP) is 4.89. The summed E-state index contributed by atoms with van der Waals surface area (Å²) in [5.41, 5.74) is 1.08. The van der Waals surface area contributed by atoms with Gasteiger partial charge in [-0.25, -0.2) is 4.39 Å². The molecule has 9 nitrogen and oxygen atoms in total. The molecule has 1 atom stereocenters. The van der Waals surface area contributed by atoms with Crippen LogP contribution in [-0.4, -0.2) is 45.3 Å². The number of aromatic nitrogens is 1. The summed E-state index contributed by atoms with van der Waals surface area (Å²) in [7, 11) is 1.56. The van der Waals surface area contributed by atoms with E-state index in [4.69, 9.17) is 4.74 Å². The third-order valence-electron chi connectivity index (χ3n) is 6.67. The van der Waals surface area contributed by atoms with Crippen LogP contribution < -0.4 is 4.74 Å². The van der Waals surface area contributed by atoms with Crippen LogP contribution in [0.5, 0.6) is 5.75 Å². The number of aromatic amines is 1. The Labute approximate surface area is 215 Å². The second-order valence-corrected chi connectivity index (χ2v) is 8.80. The molecule has 1 amide bonds. The number of aliphatic hydroxyl groups is 1. The number of non-ortho nitro benzene ring substituents is 1. The molecule has 0 unspecified atom stereocenters. The maximum atomic E-state index is 15.0. The average Bonchev–Trinajstić information content (AvgIpc) is 3.44. The molecule has 0 spiro atoms. The van der Waals surface area contributed by atoms with Gasteiger partial charge in [0.05, 0.1) is 23.6 Å². The monoisotopic (exact) mass is 515 g/mol. The van der Waals surface area contributed by atoms with Crippen molar-refractivity contribution in [3.05, 3.63) is 111 Å². The number of methoxy groups -OCH3 is 1. The number of hydrogen-bond donors (Lipinski definition) is 2. The van der Waals surface area contributed by atoms with Crippen LogP contribution in [0.2, 0.25) is 0 Å². The van der Waals surface area contributed by atoms with Crippen molar-refractivity contribution in [3.63, 3.8) is 0 Å². The van der Waals surface area contributed by atoms with E-state index in [1.807, 2.05) is 18.2 Å². The number of Topliss-reactive ketones (excluding diaryl/α,β-unsaturated/α-hetero) is 1. The smallest absolute Gasteiger partial charge is 0.295 e. The van der Waals surface area contributed by atoms with Gasteiger partial charge in [0, 0.05) is 46.9 Å². The summed E-state index contributed by atoms with van der Waals surface area (Å²) in [6.45, 7) is 0.0411. The Morgan fingerprint density at radius 2 is 1.92 bits per heavy atom. The van der Waals surface area contributed by atoms with E-state index < -0.39 is 34.2 Å². The maximum Gasteiger partial charge on any atom is 0.295 e. The minimum Gasteiger partial charge on any atom is -0.507 e. The van der Waals surface area contributed by atoms with Gasteiger partial charge in [0.2, 0.25) is 0 Å². The molecular weight excluding hydrogens is 493 g/mol. The summed E-state index contributed by atoms with van der Waals surface area (Å²) in [6.07, 6.45) is 2.11. The molecule has 1 fully saturated rings. The van der Waals surface area contributed by atoms with Crippen LogP contribution in [-0.2, 0) is 16.0 Å². The Morgan fingerprint density at radius 1 is 1.13 bits per heavy atom. The second-order valence-electron chi connectivity index (χ2n) is 8.80. The zero-order valence-corrected chi connectivity index (χ0v) is 20.2. The largest absolute Gasteiger partial charge is 0.507 e. The number of ether oxygens (including phenoxy) is 1. The number of halogens is 1. The summed E-state index contributed by atoms with van der Waals surface area (Å²) in [6, 6.07) is 15.1. The number of carbonyl (C=O) groups is 2. The van der Waals surface area contributed by atoms with Gasteiger partial charge in [0.25, 0.3) is 17.4 Å². The summed E-state index contributed by atoms with van der Waals surface area (Å²) in [5, 5.41) is 23.2. The molecule has 4 aromatic rings. The number of H-pyrrole nitrogens is 1. The van der Waals surface area contributed by atoms with Gasteiger partial charge in [0.1, 0.15) is 17.3 Å². The molecule has 1 aromatic heterocycles. The third kappa shape index (κ3) is 4.26. The molecule has 10 heteroatoms. The van der Waals surface area contributed by atoms with Crippen molar-refractivity contribution in [1.82, 2.24) is 9.88 Å². The van der Waals surface area contributed by atoms with Gasteiger partial charge < -0.3 is 19.7 Å². The quantitative estimate of drug-likeness (QED) is 0.119. The van der Waals surface area contributed by atoms with Gasteiger partial charge in [-0.15, -0.1) is 0 Å². The van der Waals surface area contributed by atoms with Crippen molar-refractivity contribution < 1.29 is 28.7 Å².